The second kappa shape index (κ2) is 12.1. The van der Waals surface area contributed by atoms with Crippen molar-refractivity contribution in [1.82, 2.24) is 14.6 Å². The predicted octanol–water partition coefficient (Wildman–Crippen LogP) is 2.76. The standard InChI is InChI=1S/C23H30N3O8P/c1-4-13-31-22(28)19(5-2)25-35(30,34-17-9-7-6-8-10-17)32-15-18-14-16(3)21(33-18)26-12-11-20(27)24-23(26)29/h5-12,16,18-19,21H,2,4,13-15H2,1,3H3,(H,25,30)(H,24,27,29)/t16-,18-,19-,21+,35?/m0/s1. The number of para-hydroxylation sites is 1. The fourth-order valence-electron chi connectivity index (χ4n) is 3.55. The van der Waals surface area contributed by atoms with Gasteiger partial charge in [-0.05, 0) is 25.0 Å². The highest BCUT2D eigenvalue weighted by Gasteiger charge is 2.38. The summed E-state index contributed by atoms with van der Waals surface area (Å²) in [5.41, 5.74) is -1.09. The second-order valence-electron chi connectivity index (χ2n) is 8.09. The first-order chi connectivity index (χ1) is 16.7. The average molecular weight is 507 g/mol. The topological polar surface area (TPSA) is 138 Å². The zero-order valence-corrected chi connectivity index (χ0v) is 20.5. The molecule has 1 saturated heterocycles. The van der Waals surface area contributed by atoms with Crippen LogP contribution in [0.15, 0.2) is 64.8 Å². The van der Waals surface area contributed by atoms with Crippen molar-refractivity contribution in [2.45, 2.75) is 45.1 Å². The van der Waals surface area contributed by atoms with Crippen LogP contribution in [0.25, 0.3) is 0 Å². The first-order valence-corrected chi connectivity index (χ1v) is 12.8. The summed E-state index contributed by atoms with van der Waals surface area (Å²) in [6.45, 7) is 7.40. The molecule has 190 valence electrons. The first kappa shape index (κ1) is 26.6. The molecule has 1 aliphatic heterocycles. The maximum Gasteiger partial charge on any atom is 0.459 e. The Morgan fingerprint density at radius 1 is 1.34 bits per heavy atom. The number of nitrogens with zero attached hydrogens (tertiary/aromatic N) is 1. The number of hydrogen-bond donors (Lipinski definition) is 2. The third kappa shape index (κ3) is 7.25. The fourth-order valence-corrected chi connectivity index (χ4v) is 5.04. The Morgan fingerprint density at radius 2 is 2.09 bits per heavy atom. The van der Waals surface area contributed by atoms with Gasteiger partial charge in [-0.2, -0.15) is 5.09 Å². The first-order valence-electron chi connectivity index (χ1n) is 11.3. The Labute approximate surface area is 202 Å². The van der Waals surface area contributed by atoms with E-state index < -0.39 is 43.3 Å². The highest BCUT2D eigenvalue weighted by atomic mass is 31.2. The number of hydrogen-bond acceptors (Lipinski definition) is 8. The van der Waals surface area contributed by atoms with Crippen molar-refractivity contribution in [2.24, 2.45) is 5.92 Å². The van der Waals surface area contributed by atoms with Crippen LogP contribution in [0.5, 0.6) is 5.75 Å². The van der Waals surface area contributed by atoms with Crippen LogP contribution in [-0.4, -0.2) is 40.9 Å². The van der Waals surface area contributed by atoms with E-state index in [1.807, 2.05) is 13.8 Å². The summed E-state index contributed by atoms with van der Waals surface area (Å²) in [6.07, 6.45) is 2.58. The number of carbonyl (C=O) groups excluding carboxylic acids is 1. The molecule has 0 saturated carbocycles. The lowest BCUT2D eigenvalue weighted by Crippen LogP contribution is -2.36. The molecule has 0 bridgehead atoms. The minimum Gasteiger partial charge on any atom is -0.464 e. The van der Waals surface area contributed by atoms with Crippen molar-refractivity contribution in [3.8, 4) is 5.75 Å². The number of H-pyrrole nitrogens is 1. The van der Waals surface area contributed by atoms with Gasteiger partial charge in [-0.1, -0.05) is 38.1 Å². The van der Waals surface area contributed by atoms with Crippen LogP contribution in [0, 0.1) is 5.92 Å². The molecule has 12 heteroatoms. The predicted molar refractivity (Wildman–Crippen MR) is 128 cm³/mol. The van der Waals surface area contributed by atoms with Gasteiger partial charge in [0.2, 0.25) is 0 Å². The van der Waals surface area contributed by atoms with Gasteiger partial charge in [-0.15, -0.1) is 6.58 Å². The Kier molecular flexibility index (Phi) is 9.22. The highest BCUT2D eigenvalue weighted by Crippen LogP contribution is 2.46. The lowest BCUT2D eigenvalue weighted by Gasteiger charge is -2.24. The zero-order chi connectivity index (χ0) is 25.4. The maximum absolute atomic E-state index is 13.6. The lowest BCUT2D eigenvalue weighted by atomic mass is 10.1. The molecule has 0 amide bonds. The summed E-state index contributed by atoms with van der Waals surface area (Å²) in [6, 6.07) is 8.48. The highest BCUT2D eigenvalue weighted by molar-refractivity contribution is 7.52. The van der Waals surface area contributed by atoms with Crippen LogP contribution in [0.2, 0.25) is 0 Å². The smallest absolute Gasteiger partial charge is 0.459 e. The van der Waals surface area contributed by atoms with Gasteiger partial charge in [0.1, 0.15) is 18.0 Å². The molecule has 3 rings (SSSR count). The van der Waals surface area contributed by atoms with Crippen molar-refractivity contribution >= 4 is 13.7 Å². The van der Waals surface area contributed by atoms with Crippen LogP contribution >= 0.6 is 7.75 Å². The summed E-state index contributed by atoms with van der Waals surface area (Å²) >= 11 is 0. The fraction of sp³-hybridized carbons (Fsp3) is 0.435. The SMILES string of the molecule is C=C[C@H](NP(=O)(OC[C@@H]1C[C@H](C)[C@H](n2ccc(=O)[nH]c2=O)O1)Oc1ccccc1)C(=O)OCCC. The van der Waals surface area contributed by atoms with E-state index in [0.29, 0.717) is 12.8 Å². The molecule has 1 aromatic carbocycles. The molecule has 2 N–H and O–H groups in total. The van der Waals surface area contributed by atoms with Gasteiger partial charge < -0.3 is 14.0 Å². The van der Waals surface area contributed by atoms with Gasteiger partial charge in [-0.25, -0.2) is 14.2 Å². The van der Waals surface area contributed by atoms with Crippen LogP contribution in [0.4, 0.5) is 0 Å². The van der Waals surface area contributed by atoms with Gasteiger partial charge >= 0.3 is 19.4 Å². The quantitative estimate of drug-likeness (QED) is 0.252. The molecular weight excluding hydrogens is 477 g/mol. The molecule has 1 unspecified atom stereocenters. The number of carbonyl (C=O) groups is 1. The van der Waals surface area contributed by atoms with E-state index in [1.165, 1.54) is 22.9 Å². The Bertz CT molecular complexity index is 1170. The van der Waals surface area contributed by atoms with Crippen molar-refractivity contribution in [3.63, 3.8) is 0 Å². The number of ether oxygens (including phenoxy) is 2. The molecular formula is C23H30N3O8P. The van der Waals surface area contributed by atoms with Gasteiger partial charge in [0.15, 0.2) is 0 Å². The van der Waals surface area contributed by atoms with E-state index in [-0.39, 0.29) is 24.9 Å². The minimum absolute atomic E-state index is 0.0977. The number of aromatic nitrogens is 2. The molecule has 1 fully saturated rings. The molecule has 35 heavy (non-hydrogen) atoms. The lowest BCUT2D eigenvalue weighted by molar-refractivity contribution is -0.144. The number of aromatic amines is 1. The van der Waals surface area contributed by atoms with E-state index in [1.54, 1.807) is 30.3 Å². The Hall–Kier alpha value is -2.98. The summed E-state index contributed by atoms with van der Waals surface area (Å²) in [5, 5.41) is 2.60. The minimum atomic E-state index is -4.10. The molecule has 0 spiro atoms. The second-order valence-corrected chi connectivity index (χ2v) is 9.78. The molecule has 1 aliphatic rings. The monoisotopic (exact) mass is 507 g/mol. The van der Waals surface area contributed by atoms with Crippen molar-refractivity contribution in [1.29, 1.82) is 0 Å². The maximum atomic E-state index is 13.6. The Balaban J connectivity index is 1.73. The van der Waals surface area contributed by atoms with E-state index in [2.05, 4.69) is 16.7 Å². The molecule has 0 radical (unpaired) electrons. The summed E-state index contributed by atoms with van der Waals surface area (Å²) in [4.78, 5) is 38.1. The summed E-state index contributed by atoms with van der Waals surface area (Å²) < 4.78 is 37.3. The molecule has 2 aromatic rings. The van der Waals surface area contributed by atoms with E-state index in [9.17, 15) is 18.9 Å². The number of esters is 1. The van der Waals surface area contributed by atoms with E-state index in [0.717, 1.165) is 0 Å². The Morgan fingerprint density at radius 3 is 2.74 bits per heavy atom. The number of rotatable bonds is 12. The molecule has 1 aromatic heterocycles. The number of benzene rings is 1. The zero-order valence-electron chi connectivity index (χ0n) is 19.6. The van der Waals surface area contributed by atoms with Gasteiger partial charge in [0.05, 0.1) is 19.3 Å². The molecule has 11 nitrogen and oxygen atoms in total. The van der Waals surface area contributed by atoms with Crippen LogP contribution < -0.4 is 20.9 Å². The van der Waals surface area contributed by atoms with Gasteiger partial charge in [0.25, 0.3) is 5.56 Å². The van der Waals surface area contributed by atoms with Crippen molar-refractivity contribution in [3.05, 3.63) is 76.1 Å². The van der Waals surface area contributed by atoms with E-state index in [4.69, 9.17) is 18.5 Å². The van der Waals surface area contributed by atoms with Crippen molar-refractivity contribution in [2.75, 3.05) is 13.2 Å². The van der Waals surface area contributed by atoms with E-state index >= 15 is 0 Å². The summed E-state index contributed by atoms with van der Waals surface area (Å²) in [7, 11) is -4.10. The van der Waals surface area contributed by atoms with Crippen LogP contribution in [-0.2, 0) is 23.4 Å². The molecule has 2 heterocycles. The number of nitrogens with one attached hydrogen (secondary N) is 2. The average Bonchev–Trinajstić information content (AvgIpc) is 3.20. The van der Waals surface area contributed by atoms with Crippen molar-refractivity contribution < 1.29 is 27.9 Å². The van der Waals surface area contributed by atoms with Gasteiger partial charge in [0, 0.05) is 18.2 Å². The largest absolute Gasteiger partial charge is 0.464 e. The molecule has 5 atom stereocenters. The third-order valence-electron chi connectivity index (χ3n) is 5.21. The van der Waals surface area contributed by atoms with Gasteiger partial charge in [-0.3, -0.25) is 18.9 Å². The normalized spacial score (nSPS) is 22.2. The summed E-state index contributed by atoms with van der Waals surface area (Å²) in [5.74, 6) is -0.489. The van der Waals surface area contributed by atoms with Crippen LogP contribution in [0.3, 0.4) is 0 Å². The third-order valence-corrected chi connectivity index (χ3v) is 6.75. The molecule has 0 aliphatic carbocycles. The van der Waals surface area contributed by atoms with Crippen LogP contribution in [0.1, 0.15) is 32.9 Å².